The van der Waals surface area contributed by atoms with Gasteiger partial charge in [-0.25, -0.2) is 4.79 Å². The molecule has 0 aliphatic heterocycles. The topological polar surface area (TPSA) is 182 Å². The number of aliphatic hydroxyl groups excluding tert-OH is 3. The van der Waals surface area contributed by atoms with Crippen LogP contribution in [-0.4, -0.2) is 75.0 Å². The molecule has 0 bridgehead atoms. The number of unbranched alkanes of at least 4 members (excludes halogenated alkanes) is 5. The maximum Gasteiger partial charge on any atom is 0.334 e. The van der Waals surface area contributed by atoms with Gasteiger partial charge >= 0.3 is 17.9 Å². The quantitative estimate of drug-likeness (QED) is 0.120. The minimum absolute atomic E-state index is 0.00211. The maximum atomic E-state index is 10.4. The highest BCUT2D eigenvalue weighted by molar-refractivity contribution is 5.85. The van der Waals surface area contributed by atoms with Crippen molar-refractivity contribution in [3.63, 3.8) is 0 Å². The molecule has 0 heterocycles. The standard InChI is InChI=1S/C10H18O4.C9H16O6/c11-9(12)7-5-3-1-2-4-6-8-10(13)14;1-7(8(13)14)2-15-6-9(3-10,4-11)5-12/h1-8H2,(H,11,12)(H,13,14);2,10-12H,3-6H2,1H3,(H,13,14). The largest absolute Gasteiger partial charge is 0.500 e. The molecule has 10 nitrogen and oxygen atoms in total. The molecular weight excluding hydrogens is 388 g/mol. The predicted octanol–water partition coefficient (Wildman–Crippen LogP) is 1.23. The Labute approximate surface area is 170 Å². The van der Waals surface area contributed by atoms with Crippen LogP contribution in [0.2, 0.25) is 0 Å². The third-order valence-corrected chi connectivity index (χ3v) is 4.02. The summed E-state index contributed by atoms with van der Waals surface area (Å²) in [6.45, 7) is -0.137. The predicted molar refractivity (Wildman–Crippen MR) is 103 cm³/mol. The Balaban J connectivity index is 0. The van der Waals surface area contributed by atoms with Crippen molar-refractivity contribution in [2.75, 3.05) is 26.4 Å². The summed E-state index contributed by atoms with van der Waals surface area (Å²) in [5, 5.41) is 51.9. The van der Waals surface area contributed by atoms with Gasteiger partial charge in [0.1, 0.15) is 0 Å². The molecule has 0 aromatic rings. The molecule has 0 saturated heterocycles. The Kier molecular flexibility index (Phi) is 17.9. The van der Waals surface area contributed by atoms with E-state index in [4.69, 9.17) is 35.4 Å². The summed E-state index contributed by atoms with van der Waals surface area (Å²) in [5.74, 6) is -2.59. The van der Waals surface area contributed by atoms with Crippen LogP contribution in [0.1, 0.15) is 58.3 Å². The lowest BCUT2D eigenvalue weighted by molar-refractivity contribution is -0.138. The minimum Gasteiger partial charge on any atom is -0.500 e. The highest BCUT2D eigenvalue weighted by atomic mass is 16.5. The van der Waals surface area contributed by atoms with Gasteiger partial charge in [-0.2, -0.15) is 0 Å². The molecule has 0 atom stereocenters. The van der Waals surface area contributed by atoms with Crippen LogP contribution in [0.3, 0.4) is 0 Å². The van der Waals surface area contributed by atoms with E-state index < -0.39 is 43.1 Å². The van der Waals surface area contributed by atoms with Gasteiger partial charge in [-0.1, -0.05) is 25.7 Å². The molecular formula is C19H34O10. The summed E-state index contributed by atoms with van der Waals surface area (Å²) in [6.07, 6.45) is 6.84. The van der Waals surface area contributed by atoms with Crippen LogP contribution in [-0.2, 0) is 19.1 Å². The smallest absolute Gasteiger partial charge is 0.334 e. The molecule has 0 aromatic carbocycles. The van der Waals surface area contributed by atoms with E-state index in [0.29, 0.717) is 0 Å². The van der Waals surface area contributed by atoms with Gasteiger partial charge in [0.25, 0.3) is 0 Å². The SMILES string of the molecule is CC(=COCC(CO)(CO)CO)C(=O)O.O=C(O)CCCCCCCCC(=O)O. The van der Waals surface area contributed by atoms with Gasteiger partial charge in [0.15, 0.2) is 0 Å². The van der Waals surface area contributed by atoms with Crippen LogP contribution in [0, 0.1) is 5.41 Å². The third-order valence-electron chi connectivity index (χ3n) is 4.02. The van der Waals surface area contributed by atoms with Crippen LogP contribution in [0.5, 0.6) is 0 Å². The Morgan fingerprint density at radius 2 is 1.14 bits per heavy atom. The highest BCUT2D eigenvalue weighted by Crippen LogP contribution is 2.15. The van der Waals surface area contributed by atoms with Crippen molar-refractivity contribution in [1.82, 2.24) is 0 Å². The molecule has 0 fully saturated rings. The van der Waals surface area contributed by atoms with Crippen molar-refractivity contribution < 1.29 is 49.8 Å². The second-order valence-electron chi connectivity index (χ2n) is 6.80. The van der Waals surface area contributed by atoms with E-state index in [2.05, 4.69) is 0 Å². The number of ether oxygens (including phenoxy) is 1. The van der Waals surface area contributed by atoms with E-state index in [9.17, 15) is 14.4 Å². The Morgan fingerprint density at radius 3 is 1.45 bits per heavy atom. The molecule has 0 aliphatic carbocycles. The van der Waals surface area contributed by atoms with Crippen molar-refractivity contribution in [3.8, 4) is 0 Å². The summed E-state index contributed by atoms with van der Waals surface area (Å²) >= 11 is 0. The fourth-order valence-corrected chi connectivity index (χ4v) is 1.94. The molecule has 0 radical (unpaired) electrons. The number of rotatable bonds is 16. The lowest BCUT2D eigenvalue weighted by atomic mass is 9.93. The average molecular weight is 422 g/mol. The normalized spacial score (nSPS) is 11.4. The molecule has 0 saturated carbocycles. The van der Waals surface area contributed by atoms with E-state index in [0.717, 1.165) is 44.8 Å². The van der Waals surface area contributed by atoms with Crippen LogP contribution in [0.4, 0.5) is 0 Å². The summed E-state index contributed by atoms with van der Waals surface area (Å²) in [5.41, 5.74) is -1.15. The van der Waals surface area contributed by atoms with Gasteiger partial charge in [-0.05, 0) is 19.8 Å². The molecule has 0 aliphatic rings. The van der Waals surface area contributed by atoms with E-state index in [1.807, 2.05) is 0 Å². The van der Waals surface area contributed by atoms with Crippen LogP contribution in [0.25, 0.3) is 0 Å². The number of carboxylic acid groups (broad SMARTS) is 3. The first-order chi connectivity index (χ1) is 13.6. The molecule has 0 rings (SSSR count). The van der Waals surface area contributed by atoms with Gasteiger partial charge < -0.3 is 35.4 Å². The third kappa shape index (κ3) is 17.6. The molecule has 170 valence electrons. The van der Waals surface area contributed by atoms with Crippen molar-refractivity contribution >= 4 is 17.9 Å². The van der Waals surface area contributed by atoms with Gasteiger partial charge in [0, 0.05) is 12.8 Å². The fourth-order valence-electron chi connectivity index (χ4n) is 1.94. The van der Waals surface area contributed by atoms with Crippen molar-refractivity contribution in [2.24, 2.45) is 5.41 Å². The first-order valence-corrected chi connectivity index (χ1v) is 9.42. The van der Waals surface area contributed by atoms with Gasteiger partial charge in [0.2, 0.25) is 0 Å². The van der Waals surface area contributed by atoms with E-state index in [1.54, 1.807) is 0 Å². The second-order valence-corrected chi connectivity index (χ2v) is 6.80. The second kappa shape index (κ2) is 17.9. The summed E-state index contributed by atoms with van der Waals surface area (Å²) < 4.78 is 4.87. The number of hydrogen-bond acceptors (Lipinski definition) is 7. The van der Waals surface area contributed by atoms with Crippen molar-refractivity contribution in [3.05, 3.63) is 11.8 Å². The number of aliphatic hydroxyl groups is 3. The lowest BCUT2D eigenvalue weighted by Crippen LogP contribution is -2.38. The zero-order valence-electron chi connectivity index (χ0n) is 16.9. The van der Waals surface area contributed by atoms with Gasteiger partial charge in [-0.3, -0.25) is 9.59 Å². The van der Waals surface area contributed by atoms with Crippen LogP contribution >= 0.6 is 0 Å². The molecule has 10 heteroatoms. The molecule has 0 amide bonds. The van der Waals surface area contributed by atoms with E-state index in [-0.39, 0.29) is 25.0 Å². The Morgan fingerprint density at radius 1 is 0.759 bits per heavy atom. The zero-order valence-corrected chi connectivity index (χ0v) is 16.9. The summed E-state index contributed by atoms with van der Waals surface area (Å²) in [7, 11) is 0. The number of carbonyl (C=O) groups is 3. The average Bonchev–Trinajstić information content (AvgIpc) is 2.67. The zero-order chi connectivity index (χ0) is 22.7. The molecule has 0 aromatic heterocycles. The van der Waals surface area contributed by atoms with Gasteiger partial charge in [0.05, 0.1) is 43.7 Å². The van der Waals surface area contributed by atoms with Crippen molar-refractivity contribution in [2.45, 2.75) is 58.3 Å². The highest BCUT2D eigenvalue weighted by Gasteiger charge is 2.28. The number of aliphatic carboxylic acids is 3. The Hall–Kier alpha value is -2.17. The maximum absolute atomic E-state index is 10.4. The van der Waals surface area contributed by atoms with E-state index in [1.165, 1.54) is 6.92 Å². The lowest BCUT2D eigenvalue weighted by Gasteiger charge is -2.26. The molecule has 0 spiro atoms. The molecule has 0 unspecified atom stereocenters. The van der Waals surface area contributed by atoms with Crippen molar-refractivity contribution in [1.29, 1.82) is 0 Å². The van der Waals surface area contributed by atoms with Gasteiger partial charge in [-0.15, -0.1) is 0 Å². The summed E-state index contributed by atoms with van der Waals surface area (Å²) in [4.78, 5) is 30.7. The monoisotopic (exact) mass is 422 g/mol. The first kappa shape index (κ1) is 29.0. The van der Waals surface area contributed by atoms with Crippen LogP contribution in [0.15, 0.2) is 11.8 Å². The van der Waals surface area contributed by atoms with E-state index >= 15 is 0 Å². The fraction of sp³-hybridized carbons (Fsp3) is 0.737. The minimum atomic E-state index is -1.14. The number of hydrogen-bond donors (Lipinski definition) is 6. The molecule has 29 heavy (non-hydrogen) atoms. The Bertz CT molecular complexity index is 469. The number of carboxylic acids is 3. The summed E-state index contributed by atoms with van der Waals surface area (Å²) in [6, 6.07) is 0. The first-order valence-electron chi connectivity index (χ1n) is 9.42. The molecule has 6 N–H and O–H groups in total. The van der Waals surface area contributed by atoms with Crippen LogP contribution < -0.4 is 0 Å².